The predicted octanol–water partition coefficient (Wildman–Crippen LogP) is 18.2. The zero-order chi connectivity index (χ0) is 39.6. The molecule has 2 unspecified atom stereocenters. The molecule has 0 saturated carbocycles. The van der Waals surface area contributed by atoms with E-state index in [0.717, 1.165) is 18.3 Å². The highest BCUT2D eigenvalue weighted by Gasteiger charge is 2.22. The number of hydrogen-bond donors (Lipinski definition) is 0. The third kappa shape index (κ3) is 15.0. The van der Waals surface area contributed by atoms with Gasteiger partial charge in [-0.15, -0.1) is 0 Å². The van der Waals surface area contributed by atoms with Gasteiger partial charge in [0.1, 0.15) is 0 Å². The van der Waals surface area contributed by atoms with Crippen molar-refractivity contribution < 1.29 is 0 Å². The zero-order valence-corrected chi connectivity index (χ0v) is 37.0. The first kappa shape index (κ1) is 45.6. The molecule has 0 saturated heterocycles. The van der Waals surface area contributed by atoms with Gasteiger partial charge in [0.15, 0.2) is 0 Å². The monoisotopic (exact) mass is 755 g/mol. The minimum atomic E-state index is 0.825. The SMILES string of the molecule is CCCCCCCCc1c(-c2ccccc2)ccc(-c2ccccc2CCC(CCCC)CCCCC)c1-c1ccccc1CCC(CCCC)CCCCC. The van der Waals surface area contributed by atoms with Gasteiger partial charge in [0.05, 0.1) is 0 Å². The van der Waals surface area contributed by atoms with E-state index in [4.69, 9.17) is 0 Å². The zero-order valence-electron chi connectivity index (χ0n) is 37.0. The van der Waals surface area contributed by atoms with E-state index in [9.17, 15) is 0 Å². The molecule has 0 aliphatic carbocycles. The Morgan fingerprint density at radius 3 is 1.36 bits per heavy atom. The van der Waals surface area contributed by atoms with E-state index >= 15 is 0 Å². The van der Waals surface area contributed by atoms with Crippen LogP contribution in [-0.4, -0.2) is 0 Å². The Morgan fingerprint density at radius 1 is 0.321 bits per heavy atom. The summed E-state index contributed by atoms with van der Waals surface area (Å²) < 4.78 is 0. The van der Waals surface area contributed by atoms with Crippen LogP contribution in [0, 0.1) is 11.8 Å². The maximum Gasteiger partial charge on any atom is -0.00642 e. The summed E-state index contributed by atoms with van der Waals surface area (Å²) >= 11 is 0. The number of unbranched alkanes of at least 4 members (excludes halogenated alkanes) is 11. The van der Waals surface area contributed by atoms with Gasteiger partial charge in [0.2, 0.25) is 0 Å². The molecule has 0 heteroatoms. The molecule has 0 N–H and O–H groups in total. The Labute approximate surface area is 346 Å². The van der Waals surface area contributed by atoms with Crippen LogP contribution in [0.2, 0.25) is 0 Å². The first-order chi connectivity index (χ1) is 27.6. The molecule has 0 amide bonds. The van der Waals surface area contributed by atoms with E-state index < -0.39 is 0 Å². The summed E-state index contributed by atoms with van der Waals surface area (Å²) in [6, 6.07) is 35.4. The van der Waals surface area contributed by atoms with E-state index in [1.807, 2.05) is 0 Å². The van der Waals surface area contributed by atoms with Crippen LogP contribution in [0.3, 0.4) is 0 Å². The van der Waals surface area contributed by atoms with Crippen LogP contribution in [0.5, 0.6) is 0 Å². The standard InChI is InChI=1S/C56H82/c1-6-11-16-17-18-24-39-54-52(48-33-22-19-23-34-48)44-45-55(51-37-27-25-35-49(51)42-40-46(29-14-9-4)31-20-12-7-2)56(54)53-38-28-26-36-50(53)43-41-47(30-15-10-5)32-21-13-8-3/h19,22-23,25-28,33-38,44-47H,6-18,20-21,24,29-32,39-43H2,1-5H3. The van der Waals surface area contributed by atoms with Crippen molar-refractivity contribution in [2.75, 3.05) is 0 Å². The molecule has 0 nitrogen and oxygen atoms in total. The molecule has 0 bridgehead atoms. The lowest BCUT2D eigenvalue weighted by Gasteiger charge is -2.24. The van der Waals surface area contributed by atoms with Gasteiger partial charge in [0, 0.05) is 0 Å². The number of aryl methyl sites for hydroxylation is 2. The van der Waals surface area contributed by atoms with Crippen molar-refractivity contribution in [3.63, 3.8) is 0 Å². The minimum absolute atomic E-state index is 0.825. The van der Waals surface area contributed by atoms with Crippen molar-refractivity contribution in [1.82, 2.24) is 0 Å². The van der Waals surface area contributed by atoms with Crippen LogP contribution in [0.25, 0.3) is 33.4 Å². The molecule has 0 aliphatic heterocycles. The summed E-state index contributed by atoms with van der Waals surface area (Å²) in [5, 5.41) is 0. The molecular formula is C56H82. The van der Waals surface area contributed by atoms with Gasteiger partial charge in [0.25, 0.3) is 0 Å². The quantitative estimate of drug-likeness (QED) is 0.0465. The van der Waals surface area contributed by atoms with Gasteiger partial charge in [-0.25, -0.2) is 0 Å². The normalized spacial score (nSPS) is 12.6. The lowest BCUT2D eigenvalue weighted by molar-refractivity contribution is 0.390. The Morgan fingerprint density at radius 2 is 0.768 bits per heavy atom. The molecule has 4 rings (SSSR count). The summed E-state index contributed by atoms with van der Waals surface area (Å²) in [5.74, 6) is 1.66. The average molecular weight is 755 g/mol. The molecule has 4 aromatic carbocycles. The van der Waals surface area contributed by atoms with Gasteiger partial charge >= 0.3 is 0 Å². The largest absolute Gasteiger partial charge is 0.0654 e. The Bertz CT molecular complexity index is 1590. The summed E-state index contributed by atoms with van der Waals surface area (Å²) in [6.45, 7) is 11.7. The molecule has 2 atom stereocenters. The molecule has 0 aromatic heterocycles. The fourth-order valence-electron chi connectivity index (χ4n) is 9.33. The molecule has 0 heterocycles. The number of benzene rings is 4. The van der Waals surface area contributed by atoms with Gasteiger partial charge in [-0.1, -0.05) is 248 Å². The lowest BCUT2D eigenvalue weighted by atomic mass is 9.80. The first-order valence-corrected chi connectivity index (χ1v) is 24.0. The molecule has 306 valence electrons. The highest BCUT2D eigenvalue weighted by Crippen LogP contribution is 2.44. The highest BCUT2D eigenvalue weighted by atomic mass is 14.3. The summed E-state index contributed by atoms with van der Waals surface area (Å²) in [7, 11) is 0. The predicted molar refractivity (Wildman–Crippen MR) is 251 cm³/mol. The summed E-state index contributed by atoms with van der Waals surface area (Å²) in [5.41, 5.74) is 13.4. The van der Waals surface area contributed by atoms with Crippen LogP contribution in [0.15, 0.2) is 91.0 Å². The smallest absolute Gasteiger partial charge is 0.00642 e. The van der Waals surface area contributed by atoms with E-state index in [0.29, 0.717) is 0 Å². The van der Waals surface area contributed by atoms with Crippen molar-refractivity contribution in [1.29, 1.82) is 0 Å². The molecule has 0 radical (unpaired) electrons. The molecule has 0 fully saturated rings. The molecule has 4 aromatic rings. The highest BCUT2D eigenvalue weighted by molar-refractivity contribution is 5.92. The van der Waals surface area contributed by atoms with Crippen molar-refractivity contribution in [3.05, 3.63) is 108 Å². The van der Waals surface area contributed by atoms with Gasteiger partial charge in [-0.3, -0.25) is 0 Å². The second-order valence-corrected chi connectivity index (χ2v) is 17.3. The number of rotatable bonds is 30. The Hall–Kier alpha value is -3.12. The van der Waals surface area contributed by atoms with E-state index in [1.54, 1.807) is 11.1 Å². The summed E-state index contributed by atoms with van der Waals surface area (Å²) in [4.78, 5) is 0. The van der Waals surface area contributed by atoms with Crippen molar-refractivity contribution in [2.24, 2.45) is 11.8 Å². The van der Waals surface area contributed by atoms with Crippen LogP contribution >= 0.6 is 0 Å². The second kappa shape index (κ2) is 27.5. The van der Waals surface area contributed by atoms with Crippen LogP contribution in [0.4, 0.5) is 0 Å². The lowest BCUT2D eigenvalue weighted by Crippen LogP contribution is -2.06. The van der Waals surface area contributed by atoms with Crippen molar-refractivity contribution in [3.8, 4) is 33.4 Å². The van der Waals surface area contributed by atoms with E-state index in [2.05, 4.69) is 126 Å². The third-order valence-corrected chi connectivity index (χ3v) is 12.8. The number of hydrogen-bond acceptors (Lipinski definition) is 0. The van der Waals surface area contributed by atoms with Crippen LogP contribution in [0.1, 0.15) is 193 Å². The molecule has 56 heavy (non-hydrogen) atoms. The fourth-order valence-corrected chi connectivity index (χ4v) is 9.33. The van der Waals surface area contributed by atoms with E-state index in [1.165, 1.54) is 193 Å². The molecular weight excluding hydrogens is 673 g/mol. The van der Waals surface area contributed by atoms with Gasteiger partial charge in [-0.2, -0.15) is 0 Å². The average Bonchev–Trinajstić information content (AvgIpc) is 3.24. The second-order valence-electron chi connectivity index (χ2n) is 17.3. The topological polar surface area (TPSA) is 0 Å². The Balaban J connectivity index is 1.84. The van der Waals surface area contributed by atoms with E-state index in [-0.39, 0.29) is 0 Å². The van der Waals surface area contributed by atoms with Crippen molar-refractivity contribution >= 4 is 0 Å². The first-order valence-electron chi connectivity index (χ1n) is 24.0. The van der Waals surface area contributed by atoms with Gasteiger partial charge < -0.3 is 0 Å². The fraction of sp³-hybridized carbons (Fsp3) is 0.571. The molecule has 0 aliphatic rings. The van der Waals surface area contributed by atoms with Gasteiger partial charge in [-0.05, 0) is 100 Å². The maximum absolute atomic E-state index is 2.52. The summed E-state index contributed by atoms with van der Waals surface area (Å²) in [6.07, 6.45) is 33.0. The minimum Gasteiger partial charge on any atom is -0.0654 e. The van der Waals surface area contributed by atoms with Crippen LogP contribution < -0.4 is 0 Å². The molecule has 0 spiro atoms. The van der Waals surface area contributed by atoms with Crippen molar-refractivity contribution in [2.45, 2.75) is 195 Å². The third-order valence-electron chi connectivity index (χ3n) is 12.8. The Kier molecular flexibility index (Phi) is 22.4. The maximum atomic E-state index is 2.52. The van der Waals surface area contributed by atoms with Crippen LogP contribution in [-0.2, 0) is 19.3 Å².